The first kappa shape index (κ1) is 15.8. The van der Waals surface area contributed by atoms with Gasteiger partial charge in [0.25, 0.3) is 0 Å². The first-order chi connectivity index (χ1) is 5.61. The standard InChI is InChI=1S/C8H6O4.2Li.2H/c9-7(10)5-1-2-6(4-3-5)8(11)12;;;;/h1-4H,(H,9,10)(H,11,12);;;;. The Hall–Kier alpha value is -0.645. The molecule has 0 atom stereocenters. The average molecular weight is 182 g/mol. The molecule has 0 aliphatic heterocycles. The van der Waals surface area contributed by atoms with Crippen LogP contribution in [0.4, 0.5) is 0 Å². The molecule has 14 heavy (non-hydrogen) atoms. The summed E-state index contributed by atoms with van der Waals surface area (Å²) in [7, 11) is 0. The summed E-state index contributed by atoms with van der Waals surface area (Å²) in [5.74, 6) is -2.13. The zero-order valence-electron chi connectivity index (χ0n) is 6.02. The van der Waals surface area contributed by atoms with Gasteiger partial charge in [0.05, 0.1) is 11.1 Å². The summed E-state index contributed by atoms with van der Waals surface area (Å²) in [6.45, 7) is 0. The van der Waals surface area contributed by atoms with Gasteiger partial charge >= 0.3 is 49.7 Å². The quantitative estimate of drug-likeness (QED) is 0.620. The topological polar surface area (TPSA) is 74.6 Å². The number of benzene rings is 1. The van der Waals surface area contributed by atoms with E-state index in [4.69, 9.17) is 10.2 Å². The molecule has 2 N–H and O–H groups in total. The van der Waals surface area contributed by atoms with E-state index in [0.29, 0.717) is 0 Å². The fourth-order valence-electron chi connectivity index (χ4n) is 0.755. The third kappa shape index (κ3) is 4.04. The Morgan fingerprint density at radius 2 is 1.00 bits per heavy atom. The van der Waals surface area contributed by atoms with Gasteiger partial charge in [-0.3, -0.25) is 0 Å². The Morgan fingerprint density at radius 3 is 1.14 bits per heavy atom. The summed E-state index contributed by atoms with van der Waals surface area (Å²) in [6.07, 6.45) is 0. The molecule has 0 saturated carbocycles. The van der Waals surface area contributed by atoms with E-state index in [1.54, 1.807) is 0 Å². The van der Waals surface area contributed by atoms with Gasteiger partial charge in [0.15, 0.2) is 0 Å². The van der Waals surface area contributed by atoms with Gasteiger partial charge in [-0.1, -0.05) is 0 Å². The number of carbonyl (C=O) groups is 2. The Morgan fingerprint density at radius 1 is 0.786 bits per heavy atom. The van der Waals surface area contributed by atoms with Crippen molar-refractivity contribution in [3.8, 4) is 0 Å². The summed E-state index contributed by atoms with van der Waals surface area (Å²) in [6, 6.07) is 5.02. The maximum atomic E-state index is 10.3. The molecule has 6 heteroatoms. The van der Waals surface area contributed by atoms with Crippen LogP contribution in [0.2, 0.25) is 0 Å². The summed E-state index contributed by atoms with van der Waals surface area (Å²) in [4.78, 5) is 20.7. The van der Waals surface area contributed by atoms with E-state index in [1.807, 2.05) is 0 Å². The van der Waals surface area contributed by atoms with Crippen molar-refractivity contribution >= 4 is 49.7 Å². The van der Waals surface area contributed by atoms with E-state index >= 15 is 0 Å². The van der Waals surface area contributed by atoms with E-state index in [9.17, 15) is 9.59 Å². The van der Waals surface area contributed by atoms with E-state index in [2.05, 4.69) is 0 Å². The predicted molar refractivity (Wildman–Crippen MR) is 54.7 cm³/mol. The van der Waals surface area contributed by atoms with Gasteiger partial charge < -0.3 is 10.2 Å². The maximum absolute atomic E-state index is 10.3. The van der Waals surface area contributed by atoms with Crippen molar-refractivity contribution in [3.63, 3.8) is 0 Å². The zero-order valence-corrected chi connectivity index (χ0v) is 6.02. The fourth-order valence-corrected chi connectivity index (χ4v) is 0.755. The van der Waals surface area contributed by atoms with Crippen molar-refractivity contribution < 1.29 is 19.8 Å². The van der Waals surface area contributed by atoms with Crippen molar-refractivity contribution in [1.29, 1.82) is 0 Å². The minimum absolute atomic E-state index is 0. The third-order valence-corrected chi connectivity index (χ3v) is 1.38. The van der Waals surface area contributed by atoms with E-state index in [0.717, 1.165) is 0 Å². The Balaban J connectivity index is 0. The molecule has 0 bridgehead atoms. The number of hydrogen-bond acceptors (Lipinski definition) is 2. The molecule has 4 nitrogen and oxygen atoms in total. The van der Waals surface area contributed by atoms with Gasteiger partial charge in [0.2, 0.25) is 0 Å². The Bertz CT molecular complexity index is 288. The predicted octanol–water partition coefficient (Wildman–Crippen LogP) is -0.214. The van der Waals surface area contributed by atoms with Crippen molar-refractivity contribution in [2.24, 2.45) is 0 Å². The van der Waals surface area contributed by atoms with Crippen LogP contribution in [0.15, 0.2) is 24.3 Å². The Kier molecular flexibility index (Phi) is 7.63. The van der Waals surface area contributed by atoms with Gasteiger partial charge in [-0.15, -0.1) is 0 Å². The first-order valence-corrected chi connectivity index (χ1v) is 3.18. The van der Waals surface area contributed by atoms with E-state index < -0.39 is 11.9 Å². The molecule has 1 aromatic carbocycles. The van der Waals surface area contributed by atoms with Crippen LogP contribution in [0.25, 0.3) is 0 Å². The number of carboxylic acid groups (broad SMARTS) is 2. The SMILES string of the molecule is O=C(O)c1ccc(C(=O)O)cc1.[LiH].[LiH]. The molecule has 0 unspecified atom stereocenters. The van der Waals surface area contributed by atoms with Crippen LogP contribution < -0.4 is 0 Å². The number of rotatable bonds is 2. The summed E-state index contributed by atoms with van der Waals surface area (Å²) < 4.78 is 0. The van der Waals surface area contributed by atoms with Crippen molar-refractivity contribution in [2.75, 3.05) is 0 Å². The van der Waals surface area contributed by atoms with Gasteiger partial charge in [0.1, 0.15) is 0 Å². The number of aromatic carboxylic acids is 2. The zero-order chi connectivity index (χ0) is 9.14. The van der Waals surface area contributed by atoms with Crippen LogP contribution in [-0.2, 0) is 0 Å². The molecule has 0 amide bonds. The van der Waals surface area contributed by atoms with Gasteiger partial charge in [-0.25, -0.2) is 9.59 Å². The third-order valence-electron chi connectivity index (χ3n) is 1.38. The molecule has 66 valence electrons. The molecule has 0 radical (unpaired) electrons. The second kappa shape index (κ2) is 6.76. The second-order valence-corrected chi connectivity index (χ2v) is 2.19. The molecule has 1 aromatic rings. The molecular weight excluding hydrogens is 174 g/mol. The molecular formula is C8H8Li2O4. The van der Waals surface area contributed by atoms with Crippen LogP contribution in [0.5, 0.6) is 0 Å². The van der Waals surface area contributed by atoms with Crippen LogP contribution in [0.3, 0.4) is 0 Å². The summed E-state index contributed by atoms with van der Waals surface area (Å²) in [5.41, 5.74) is 0.167. The first-order valence-electron chi connectivity index (χ1n) is 3.18. The van der Waals surface area contributed by atoms with E-state index in [1.165, 1.54) is 24.3 Å². The van der Waals surface area contributed by atoms with Crippen LogP contribution in [-0.4, -0.2) is 59.9 Å². The van der Waals surface area contributed by atoms with Gasteiger partial charge in [-0.05, 0) is 24.3 Å². The monoisotopic (exact) mass is 182 g/mol. The molecule has 1 rings (SSSR count). The molecule has 0 fully saturated rings. The average Bonchev–Trinajstić information content (AvgIpc) is 2.04. The molecule has 0 aromatic heterocycles. The fraction of sp³-hybridized carbons (Fsp3) is 0. The number of carboxylic acids is 2. The van der Waals surface area contributed by atoms with Crippen LogP contribution >= 0.6 is 0 Å². The van der Waals surface area contributed by atoms with Crippen molar-refractivity contribution in [3.05, 3.63) is 35.4 Å². The number of hydrogen-bond donors (Lipinski definition) is 2. The van der Waals surface area contributed by atoms with Gasteiger partial charge in [-0.2, -0.15) is 0 Å². The van der Waals surface area contributed by atoms with Crippen molar-refractivity contribution in [2.45, 2.75) is 0 Å². The second-order valence-electron chi connectivity index (χ2n) is 2.19. The molecule has 0 aliphatic carbocycles. The molecule has 0 spiro atoms. The van der Waals surface area contributed by atoms with Gasteiger partial charge in [0, 0.05) is 0 Å². The summed E-state index contributed by atoms with van der Waals surface area (Å²) in [5, 5.41) is 16.9. The van der Waals surface area contributed by atoms with Crippen LogP contribution in [0, 0.1) is 0 Å². The van der Waals surface area contributed by atoms with E-state index in [-0.39, 0.29) is 48.8 Å². The Labute approximate surface area is 105 Å². The van der Waals surface area contributed by atoms with Crippen molar-refractivity contribution in [1.82, 2.24) is 0 Å². The minimum atomic E-state index is -1.06. The normalized spacial score (nSPS) is 8.00. The molecule has 0 aliphatic rings. The van der Waals surface area contributed by atoms with Crippen LogP contribution in [0.1, 0.15) is 20.7 Å². The molecule has 0 heterocycles. The summed E-state index contributed by atoms with van der Waals surface area (Å²) >= 11 is 0. The molecule has 0 saturated heterocycles.